The van der Waals surface area contributed by atoms with Crippen LogP contribution in [0.15, 0.2) is 0 Å². The Morgan fingerprint density at radius 1 is 0.682 bits per heavy atom. The molecule has 0 aliphatic heterocycles. The van der Waals surface area contributed by atoms with Crippen LogP contribution in [0.2, 0.25) is 0 Å². The molecule has 1 nitrogen and oxygen atoms in total. The van der Waals surface area contributed by atoms with Gasteiger partial charge in [-0.1, -0.05) is 77.6 Å². The fourth-order valence-corrected chi connectivity index (χ4v) is 4.75. The molecule has 2 saturated carbocycles. The molecule has 128 valence electrons. The van der Waals surface area contributed by atoms with E-state index in [9.17, 15) is 4.79 Å². The normalized spacial score (nSPS) is 32.8. The second-order valence-electron chi connectivity index (χ2n) is 8.23. The van der Waals surface area contributed by atoms with Crippen LogP contribution in [-0.4, -0.2) is 6.29 Å². The van der Waals surface area contributed by atoms with E-state index in [4.69, 9.17) is 0 Å². The zero-order valence-corrected chi connectivity index (χ0v) is 14.9. The van der Waals surface area contributed by atoms with Gasteiger partial charge in [0.25, 0.3) is 0 Å². The maximum absolute atomic E-state index is 10.8. The van der Waals surface area contributed by atoms with Gasteiger partial charge in [-0.05, 0) is 43.4 Å². The molecule has 1 heteroatoms. The van der Waals surface area contributed by atoms with Crippen LogP contribution in [0.4, 0.5) is 0 Å². The summed E-state index contributed by atoms with van der Waals surface area (Å²) >= 11 is 0. The van der Waals surface area contributed by atoms with Crippen molar-refractivity contribution in [3.8, 4) is 0 Å². The Morgan fingerprint density at radius 2 is 1.18 bits per heavy atom. The molecular formula is C21H38O. The molecule has 0 spiro atoms. The largest absolute Gasteiger partial charge is 0.303 e. The molecule has 2 aliphatic carbocycles. The lowest BCUT2D eigenvalue weighted by atomic mass is 9.75. The van der Waals surface area contributed by atoms with Gasteiger partial charge in [-0.3, -0.25) is 0 Å². The molecular weight excluding hydrogens is 268 g/mol. The van der Waals surface area contributed by atoms with E-state index in [-0.39, 0.29) is 0 Å². The Hall–Kier alpha value is -0.330. The zero-order chi connectivity index (χ0) is 15.6. The molecule has 0 heterocycles. The van der Waals surface area contributed by atoms with E-state index >= 15 is 0 Å². The van der Waals surface area contributed by atoms with Crippen LogP contribution in [0.5, 0.6) is 0 Å². The third kappa shape index (κ3) is 6.42. The predicted octanol–water partition coefficient (Wildman–Crippen LogP) is 6.55. The van der Waals surface area contributed by atoms with Crippen molar-refractivity contribution in [1.29, 1.82) is 0 Å². The van der Waals surface area contributed by atoms with Gasteiger partial charge < -0.3 is 4.79 Å². The summed E-state index contributed by atoms with van der Waals surface area (Å²) in [6.07, 6.45) is 22.3. The first-order valence-electron chi connectivity index (χ1n) is 10.3. The van der Waals surface area contributed by atoms with Crippen molar-refractivity contribution in [3.63, 3.8) is 0 Å². The Labute approximate surface area is 138 Å². The van der Waals surface area contributed by atoms with Crippen LogP contribution in [-0.2, 0) is 4.79 Å². The zero-order valence-electron chi connectivity index (χ0n) is 14.9. The van der Waals surface area contributed by atoms with Crippen LogP contribution in [0.3, 0.4) is 0 Å². The molecule has 0 aromatic carbocycles. The number of aldehydes is 1. The summed E-state index contributed by atoms with van der Waals surface area (Å²) in [5.74, 6) is 3.40. The van der Waals surface area contributed by atoms with Gasteiger partial charge in [-0.2, -0.15) is 0 Å². The SMILES string of the molecule is CCCCCCC1CCC(CCC2CCC(C=O)CC2)CC1. The number of hydrogen-bond donors (Lipinski definition) is 0. The van der Waals surface area contributed by atoms with Gasteiger partial charge in [0.15, 0.2) is 0 Å². The molecule has 0 aromatic heterocycles. The summed E-state index contributed by atoms with van der Waals surface area (Å²) in [5.41, 5.74) is 0. The van der Waals surface area contributed by atoms with Crippen molar-refractivity contribution in [2.24, 2.45) is 23.7 Å². The minimum Gasteiger partial charge on any atom is -0.303 e. The smallest absolute Gasteiger partial charge is 0.123 e. The Morgan fingerprint density at radius 3 is 1.68 bits per heavy atom. The summed E-state index contributed by atoms with van der Waals surface area (Å²) in [5, 5.41) is 0. The van der Waals surface area contributed by atoms with Gasteiger partial charge in [0, 0.05) is 5.92 Å². The predicted molar refractivity (Wildman–Crippen MR) is 95.0 cm³/mol. The van der Waals surface area contributed by atoms with Crippen LogP contribution < -0.4 is 0 Å². The average Bonchev–Trinajstić information content (AvgIpc) is 2.58. The third-order valence-electron chi connectivity index (χ3n) is 6.50. The van der Waals surface area contributed by atoms with E-state index in [1.807, 2.05) is 0 Å². The summed E-state index contributed by atoms with van der Waals surface area (Å²) in [7, 11) is 0. The Balaban J connectivity index is 1.51. The number of hydrogen-bond acceptors (Lipinski definition) is 1. The molecule has 0 atom stereocenters. The summed E-state index contributed by atoms with van der Waals surface area (Å²) in [6, 6.07) is 0. The third-order valence-corrected chi connectivity index (χ3v) is 6.50. The average molecular weight is 307 g/mol. The van der Waals surface area contributed by atoms with E-state index < -0.39 is 0 Å². The van der Waals surface area contributed by atoms with Gasteiger partial charge in [0.1, 0.15) is 6.29 Å². The van der Waals surface area contributed by atoms with E-state index in [2.05, 4.69) is 6.92 Å². The van der Waals surface area contributed by atoms with Crippen molar-refractivity contribution in [2.75, 3.05) is 0 Å². The molecule has 2 rings (SSSR count). The summed E-state index contributed by atoms with van der Waals surface area (Å²) in [6.45, 7) is 2.30. The monoisotopic (exact) mass is 306 g/mol. The van der Waals surface area contributed by atoms with Crippen LogP contribution >= 0.6 is 0 Å². The number of carbonyl (C=O) groups is 1. The molecule has 2 fully saturated rings. The molecule has 0 bridgehead atoms. The fourth-order valence-electron chi connectivity index (χ4n) is 4.75. The van der Waals surface area contributed by atoms with Crippen molar-refractivity contribution in [2.45, 2.75) is 103 Å². The lowest BCUT2D eigenvalue weighted by Crippen LogP contribution is -2.18. The first kappa shape index (κ1) is 18.0. The molecule has 0 aromatic rings. The minimum atomic E-state index is 0.388. The highest BCUT2D eigenvalue weighted by molar-refractivity contribution is 5.53. The van der Waals surface area contributed by atoms with Crippen molar-refractivity contribution in [1.82, 2.24) is 0 Å². The van der Waals surface area contributed by atoms with E-state index in [0.717, 1.165) is 17.8 Å². The number of rotatable bonds is 9. The van der Waals surface area contributed by atoms with Crippen LogP contribution in [0.25, 0.3) is 0 Å². The lowest BCUT2D eigenvalue weighted by Gasteiger charge is -2.31. The minimum absolute atomic E-state index is 0.388. The highest BCUT2D eigenvalue weighted by atomic mass is 16.1. The Kier molecular flexibility index (Phi) is 8.55. The summed E-state index contributed by atoms with van der Waals surface area (Å²) < 4.78 is 0. The topological polar surface area (TPSA) is 17.1 Å². The second-order valence-corrected chi connectivity index (χ2v) is 8.23. The van der Waals surface area contributed by atoms with Crippen molar-refractivity contribution < 1.29 is 4.79 Å². The van der Waals surface area contributed by atoms with Gasteiger partial charge in [0.05, 0.1) is 0 Å². The van der Waals surface area contributed by atoms with Gasteiger partial charge in [-0.15, -0.1) is 0 Å². The quantitative estimate of drug-likeness (QED) is 0.349. The van der Waals surface area contributed by atoms with E-state index in [1.165, 1.54) is 103 Å². The molecule has 0 N–H and O–H groups in total. The van der Waals surface area contributed by atoms with Gasteiger partial charge in [-0.25, -0.2) is 0 Å². The van der Waals surface area contributed by atoms with Crippen molar-refractivity contribution in [3.05, 3.63) is 0 Å². The summed E-state index contributed by atoms with van der Waals surface area (Å²) in [4.78, 5) is 10.8. The van der Waals surface area contributed by atoms with E-state index in [1.54, 1.807) is 0 Å². The molecule has 0 radical (unpaired) electrons. The second kappa shape index (κ2) is 10.4. The number of carbonyl (C=O) groups excluding carboxylic acids is 1. The first-order valence-corrected chi connectivity index (χ1v) is 10.3. The Bertz CT molecular complexity index is 282. The standard InChI is InChI=1S/C21H38O/c1-2-3-4-5-6-18-7-9-19(10-8-18)11-12-20-13-15-21(17-22)16-14-20/h17-21H,2-16H2,1H3. The highest BCUT2D eigenvalue weighted by Gasteiger charge is 2.24. The molecule has 0 saturated heterocycles. The van der Waals surface area contributed by atoms with Gasteiger partial charge in [0.2, 0.25) is 0 Å². The maximum Gasteiger partial charge on any atom is 0.123 e. The van der Waals surface area contributed by atoms with Gasteiger partial charge >= 0.3 is 0 Å². The molecule has 0 unspecified atom stereocenters. The molecule has 0 amide bonds. The maximum atomic E-state index is 10.8. The van der Waals surface area contributed by atoms with E-state index in [0.29, 0.717) is 5.92 Å². The lowest BCUT2D eigenvalue weighted by molar-refractivity contribution is -0.112. The number of unbranched alkanes of at least 4 members (excludes halogenated alkanes) is 3. The first-order chi connectivity index (χ1) is 10.8. The highest BCUT2D eigenvalue weighted by Crippen LogP contribution is 2.37. The molecule has 2 aliphatic rings. The molecule has 22 heavy (non-hydrogen) atoms. The van der Waals surface area contributed by atoms with Crippen LogP contribution in [0, 0.1) is 23.7 Å². The van der Waals surface area contributed by atoms with Crippen LogP contribution in [0.1, 0.15) is 103 Å². The van der Waals surface area contributed by atoms with Crippen molar-refractivity contribution >= 4 is 6.29 Å². The fraction of sp³-hybridized carbons (Fsp3) is 0.952.